The van der Waals surface area contributed by atoms with E-state index in [-0.39, 0.29) is 12.5 Å². The number of aromatic nitrogens is 1. The second-order valence-corrected chi connectivity index (χ2v) is 6.90. The van der Waals surface area contributed by atoms with Crippen LogP contribution in [0.5, 0.6) is 5.75 Å². The van der Waals surface area contributed by atoms with Crippen LogP contribution in [0.3, 0.4) is 0 Å². The minimum absolute atomic E-state index is 0.00348. The van der Waals surface area contributed by atoms with Crippen LogP contribution in [0.2, 0.25) is 0 Å². The van der Waals surface area contributed by atoms with Gasteiger partial charge in [-0.25, -0.2) is 4.79 Å². The highest BCUT2D eigenvalue weighted by molar-refractivity contribution is 5.95. The molecule has 2 rings (SSSR count). The highest BCUT2D eigenvalue weighted by Crippen LogP contribution is 2.18. The number of benzene rings is 1. The van der Waals surface area contributed by atoms with Crippen molar-refractivity contribution in [3.8, 4) is 5.75 Å². The summed E-state index contributed by atoms with van der Waals surface area (Å²) in [7, 11) is 0. The van der Waals surface area contributed by atoms with Gasteiger partial charge in [0, 0.05) is 6.04 Å². The Labute approximate surface area is 175 Å². The number of urea groups is 1. The van der Waals surface area contributed by atoms with Crippen LogP contribution < -0.4 is 15.4 Å². The lowest BCUT2D eigenvalue weighted by Crippen LogP contribution is -2.44. The van der Waals surface area contributed by atoms with Crippen molar-refractivity contribution in [3.63, 3.8) is 0 Å². The number of carbonyl (C=O) groups excluding carboxylic acids is 3. The molecule has 3 amide bonds. The first-order chi connectivity index (χ1) is 14.3. The topological polar surface area (TPSA) is 120 Å². The summed E-state index contributed by atoms with van der Waals surface area (Å²) in [6, 6.07) is 6.29. The molecule has 0 bridgehead atoms. The van der Waals surface area contributed by atoms with Crippen molar-refractivity contribution in [1.29, 1.82) is 0 Å². The summed E-state index contributed by atoms with van der Waals surface area (Å²) >= 11 is 0. The normalized spacial score (nSPS) is 11.5. The smallest absolute Gasteiger partial charge is 0.321 e. The van der Waals surface area contributed by atoms with Gasteiger partial charge in [0.1, 0.15) is 18.1 Å². The maximum atomic E-state index is 11.9. The summed E-state index contributed by atoms with van der Waals surface area (Å²) < 4.78 is 15.7. The second kappa shape index (κ2) is 11.0. The highest BCUT2D eigenvalue weighted by Gasteiger charge is 2.13. The lowest BCUT2D eigenvalue weighted by molar-refractivity contribution is -0.147. The molecule has 0 radical (unpaired) electrons. The lowest BCUT2D eigenvalue weighted by Gasteiger charge is -2.11. The number of nitrogens with one attached hydrogen (secondary N) is 2. The van der Waals surface area contributed by atoms with Gasteiger partial charge in [0.25, 0.3) is 5.91 Å². The van der Waals surface area contributed by atoms with Crippen molar-refractivity contribution in [3.05, 3.63) is 46.8 Å². The molecule has 0 unspecified atom stereocenters. The third kappa shape index (κ3) is 7.23. The first-order valence-corrected chi connectivity index (χ1v) is 9.68. The Balaban J connectivity index is 1.73. The summed E-state index contributed by atoms with van der Waals surface area (Å²) in [5, 5.41) is 8.58. The predicted octanol–water partition coefficient (Wildman–Crippen LogP) is 2.58. The molecule has 0 aliphatic heterocycles. The van der Waals surface area contributed by atoms with Crippen LogP contribution in [0.25, 0.3) is 0 Å². The molecular formula is C21H27N3O6. The van der Waals surface area contributed by atoms with Gasteiger partial charge >= 0.3 is 12.0 Å². The van der Waals surface area contributed by atoms with E-state index >= 15 is 0 Å². The van der Waals surface area contributed by atoms with Crippen LogP contribution in [-0.4, -0.2) is 35.7 Å². The van der Waals surface area contributed by atoms with Crippen molar-refractivity contribution in [1.82, 2.24) is 15.8 Å². The molecule has 30 heavy (non-hydrogen) atoms. The summed E-state index contributed by atoms with van der Waals surface area (Å²) in [5.41, 5.74) is 2.40. The third-order valence-electron chi connectivity index (χ3n) is 4.44. The van der Waals surface area contributed by atoms with Gasteiger partial charge in [0.05, 0.1) is 17.7 Å². The van der Waals surface area contributed by atoms with Crippen molar-refractivity contribution in [2.45, 2.75) is 53.2 Å². The molecule has 1 heterocycles. The Morgan fingerprint density at radius 3 is 2.47 bits per heavy atom. The molecule has 1 aromatic carbocycles. The average molecular weight is 417 g/mol. The van der Waals surface area contributed by atoms with E-state index < -0.39 is 24.5 Å². The van der Waals surface area contributed by atoms with Gasteiger partial charge in [0.15, 0.2) is 6.61 Å². The van der Waals surface area contributed by atoms with Gasteiger partial charge in [-0.3, -0.25) is 14.9 Å². The van der Waals surface area contributed by atoms with Crippen molar-refractivity contribution in [2.75, 3.05) is 6.61 Å². The van der Waals surface area contributed by atoms with E-state index in [4.69, 9.17) is 14.0 Å². The van der Waals surface area contributed by atoms with E-state index in [1.54, 1.807) is 24.3 Å². The minimum Gasteiger partial charge on any atom is -0.489 e. The highest BCUT2D eigenvalue weighted by atomic mass is 16.5. The largest absolute Gasteiger partial charge is 0.489 e. The number of imide groups is 1. The molecule has 9 nitrogen and oxygen atoms in total. The number of hydrogen-bond donors (Lipinski definition) is 2. The maximum absolute atomic E-state index is 11.9. The van der Waals surface area contributed by atoms with E-state index in [2.05, 4.69) is 15.8 Å². The molecule has 2 N–H and O–H groups in total. The number of carbonyl (C=O) groups is 3. The van der Waals surface area contributed by atoms with E-state index in [1.165, 1.54) is 0 Å². The fourth-order valence-corrected chi connectivity index (χ4v) is 2.46. The fourth-order valence-electron chi connectivity index (χ4n) is 2.46. The molecule has 0 saturated heterocycles. The molecule has 2 aromatic rings. The third-order valence-corrected chi connectivity index (χ3v) is 4.44. The van der Waals surface area contributed by atoms with Crippen LogP contribution >= 0.6 is 0 Å². The van der Waals surface area contributed by atoms with E-state index in [9.17, 15) is 14.4 Å². The number of ether oxygens (including phenoxy) is 2. The minimum atomic E-state index is -0.688. The van der Waals surface area contributed by atoms with Crippen LogP contribution in [0.4, 0.5) is 4.79 Å². The van der Waals surface area contributed by atoms with Crippen LogP contribution in [-0.2, 0) is 27.4 Å². The Morgan fingerprint density at radius 1 is 1.17 bits per heavy atom. The SMILES string of the molecule is CC[C@H](C)NC(=O)NC(=O)COC(=O)Cc1ccc(OCc2c(C)noc2C)cc1. The van der Waals surface area contributed by atoms with E-state index in [0.29, 0.717) is 23.7 Å². The van der Waals surface area contributed by atoms with Crippen LogP contribution in [0, 0.1) is 13.8 Å². The lowest BCUT2D eigenvalue weighted by atomic mass is 10.1. The molecule has 0 aliphatic rings. The Morgan fingerprint density at radius 2 is 1.87 bits per heavy atom. The number of aryl methyl sites for hydroxylation is 2. The molecule has 0 aliphatic carbocycles. The average Bonchev–Trinajstić information content (AvgIpc) is 3.03. The first kappa shape index (κ1) is 22.9. The second-order valence-electron chi connectivity index (χ2n) is 6.90. The number of rotatable bonds is 9. The van der Waals surface area contributed by atoms with E-state index in [0.717, 1.165) is 17.7 Å². The van der Waals surface area contributed by atoms with Gasteiger partial charge < -0.3 is 19.3 Å². The standard InChI is InChI=1S/C21H27N3O6/c1-5-13(2)22-21(27)23-19(25)12-29-20(26)10-16-6-8-17(9-7-16)28-11-18-14(3)24-30-15(18)4/h6-9,13H,5,10-12H2,1-4H3,(H2,22,23,25,27)/t13-/m0/s1. The Bertz CT molecular complexity index is 856. The Hall–Kier alpha value is -3.36. The molecule has 0 spiro atoms. The zero-order valence-electron chi connectivity index (χ0n) is 17.6. The fraction of sp³-hybridized carbons (Fsp3) is 0.429. The molecule has 162 valence electrons. The van der Waals surface area contributed by atoms with Crippen molar-refractivity contribution < 1.29 is 28.4 Å². The number of nitrogens with zero attached hydrogens (tertiary/aromatic N) is 1. The van der Waals surface area contributed by atoms with Crippen LogP contribution in [0.1, 0.15) is 42.8 Å². The van der Waals surface area contributed by atoms with E-state index in [1.807, 2.05) is 27.7 Å². The van der Waals surface area contributed by atoms with Crippen LogP contribution in [0.15, 0.2) is 28.8 Å². The van der Waals surface area contributed by atoms with Crippen molar-refractivity contribution in [2.24, 2.45) is 0 Å². The van der Waals surface area contributed by atoms with Gasteiger partial charge in [-0.05, 0) is 44.9 Å². The molecule has 1 atom stereocenters. The molecule has 0 saturated carbocycles. The predicted molar refractivity (Wildman–Crippen MR) is 108 cm³/mol. The summed E-state index contributed by atoms with van der Waals surface area (Å²) in [5.74, 6) is 0.0937. The molecule has 1 aromatic heterocycles. The molecular weight excluding hydrogens is 390 g/mol. The van der Waals surface area contributed by atoms with Gasteiger partial charge in [0.2, 0.25) is 0 Å². The molecule has 0 fully saturated rings. The van der Waals surface area contributed by atoms with Crippen molar-refractivity contribution >= 4 is 17.9 Å². The molecule has 9 heteroatoms. The quantitative estimate of drug-likeness (QED) is 0.602. The number of esters is 1. The summed E-state index contributed by atoms with van der Waals surface area (Å²) in [6.07, 6.45) is 0.733. The first-order valence-electron chi connectivity index (χ1n) is 9.68. The summed E-state index contributed by atoms with van der Waals surface area (Å²) in [4.78, 5) is 35.1. The Kier molecular flexibility index (Phi) is 8.40. The summed E-state index contributed by atoms with van der Waals surface area (Å²) in [6.45, 7) is 7.21. The number of hydrogen-bond acceptors (Lipinski definition) is 7. The zero-order chi connectivity index (χ0) is 22.1. The van der Waals surface area contributed by atoms with Gasteiger partial charge in [-0.1, -0.05) is 24.2 Å². The zero-order valence-corrected chi connectivity index (χ0v) is 17.6. The number of amides is 3. The van der Waals surface area contributed by atoms with Gasteiger partial charge in [-0.15, -0.1) is 0 Å². The monoisotopic (exact) mass is 417 g/mol. The maximum Gasteiger partial charge on any atom is 0.321 e. The van der Waals surface area contributed by atoms with Gasteiger partial charge in [-0.2, -0.15) is 0 Å².